The summed E-state index contributed by atoms with van der Waals surface area (Å²) in [5.74, 6) is 0.0933. The summed E-state index contributed by atoms with van der Waals surface area (Å²) in [6, 6.07) is 8.87. The van der Waals surface area contributed by atoms with E-state index in [2.05, 4.69) is 35.5 Å². The minimum Gasteiger partial charge on any atom is -0.381 e. The van der Waals surface area contributed by atoms with E-state index in [-0.39, 0.29) is 5.91 Å². The molecule has 1 aliphatic rings. The van der Waals surface area contributed by atoms with E-state index in [1.165, 1.54) is 6.42 Å². The predicted molar refractivity (Wildman–Crippen MR) is 78.1 cm³/mol. The van der Waals surface area contributed by atoms with Crippen LogP contribution in [0.25, 0.3) is 0 Å². The first-order valence-corrected chi connectivity index (χ1v) is 6.80. The van der Waals surface area contributed by atoms with Gasteiger partial charge in [-0.15, -0.1) is 0 Å². The Balaban J connectivity index is 1.97. The number of benzene rings is 1. The van der Waals surface area contributed by atoms with Crippen LogP contribution in [0.2, 0.25) is 0 Å². The Morgan fingerprint density at radius 1 is 1.53 bits per heavy atom. The molecule has 104 valence electrons. The summed E-state index contributed by atoms with van der Waals surface area (Å²) in [4.78, 5) is 15.3. The lowest BCUT2D eigenvalue weighted by Crippen LogP contribution is -2.24. The first-order valence-electron chi connectivity index (χ1n) is 6.80. The van der Waals surface area contributed by atoms with Crippen molar-refractivity contribution in [1.82, 2.24) is 9.80 Å². The highest BCUT2D eigenvalue weighted by atomic mass is 16.2. The third-order valence-corrected chi connectivity index (χ3v) is 3.65. The molecule has 4 nitrogen and oxygen atoms in total. The second-order valence-electron chi connectivity index (χ2n) is 5.47. The molecule has 1 unspecified atom stereocenters. The van der Waals surface area contributed by atoms with Crippen molar-refractivity contribution in [2.45, 2.75) is 25.9 Å². The van der Waals surface area contributed by atoms with Gasteiger partial charge in [0.05, 0.1) is 0 Å². The summed E-state index contributed by atoms with van der Waals surface area (Å²) < 4.78 is 0. The average molecular weight is 261 g/mol. The number of nitrogens with zero attached hydrogens (tertiary/aromatic N) is 2. The fourth-order valence-electron chi connectivity index (χ4n) is 2.43. The van der Waals surface area contributed by atoms with E-state index in [1.54, 1.807) is 11.8 Å². The van der Waals surface area contributed by atoms with Crippen LogP contribution in [0, 0.1) is 0 Å². The number of likely N-dealkylation sites (tertiary alicyclic amines) is 1. The van der Waals surface area contributed by atoms with Crippen molar-refractivity contribution in [3.8, 4) is 0 Å². The van der Waals surface area contributed by atoms with Crippen LogP contribution in [0.5, 0.6) is 0 Å². The number of nitrogens with one attached hydrogen (secondary N) is 1. The van der Waals surface area contributed by atoms with Crippen LogP contribution in [0.4, 0.5) is 5.69 Å². The predicted octanol–water partition coefficient (Wildman–Crippen LogP) is 1.78. The lowest BCUT2D eigenvalue weighted by Gasteiger charge is -2.17. The molecule has 0 saturated carbocycles. The molecule has 1 heterocycles. The molecule has 0 bridgehead atoms. The van der Waals surface area contributed by atoms with Gasteiger partial charge >= 0.3 is 0 Å². The summed E-state index contributed by atoms with van der Waals surface area (Å²) in [6.45, 7) is 4.51. The molecule has 0 aliphatic carbocycles. The van der Waals surface area contributed by atoms with Gasteiger partial charge < -0.3 is 15.1 Å². The van der Waals surface area contributed by atoms with Gasteiger partial charge in [0.1, 0.15) is 0 Å². The van der Waals surface area contributed by atoms with Gasteiger partial charge in [0.25, 0.3) is 0 Å². The Morgan fingerprint density at radius 2 is 2.32 bits per heavy atom. The average Bonchev–Trinajstić information content (AvgIpc) is 2.75. The zero-order valence-corrected chi connectivity index (χ0v) is 12.0. The second kappa shape index (κ2) is 6.06. The Morgan fingerprint density at radius 3 is 2.95 bits per heavy atom. The van der Waals surface area contributed by atoms with E-state index in [0.717, 1.165) is 24.3 Å². The quantitative estimate of drug-likeness (QED) is 0.897. The molecular formula is C15H23N3O. The van der Waals surface area contributed by atoms with Crippen molar-refractivity contribution in [3.63, 3.8) is 0 Å². The molecule has 1 amide bonds. The number of rotatable bonds is 4. The van der Waals surface area contributed by atoms with Gasteiger partial charge in [-0.2, -0.15) is 0 Å². The summed E-state index contributed by atoms with van der Waals surface area (Å²) in [5, 5.41) is 3.57. The summed E-state index contributed by atoms with van der Waals surface area (Å²) in [7, 11) is 3.98. The maximum atomic E-state index is 11.3. The van der Waals surface area contributed by atoms with Crippen molar-refractivity contribution in [3.05, 3.63) is 29.8 Å². The molecule has 4 heteroatoms. The molecule has 1 N–H and O–H groups in total. The third kappa shape index (κ3) is 3.96. The molecule has 2 rings (SSSR count). The second-order valence-corrected chi connectivity index (χ2v) is 5.47. The molecule has 1 aromatic carbocycles. The molecule has 1 atom stereocenters. The van der Waals surface area contributed by atoms with Crippen molar-refractivity contribution in [1.29, 1.82) is 0 Å². The van der Waals surface area contributed by atoms with Gasteiger partial charge in [-0.05, 0) is 37.7 Å². The number of anilines is 1. The number of carbonyl (C=O) groups excluding carboxylic acids is 1. The standard InChI is InChI=1S/C15H23N3O/c1-12(19)18(3)10-13-5-4-6-14(9-13)16-15-7-8-17(2)11-15/h4-6,9,15-16H,7-8,10-11H2,1-3H3. The molecule has 19 heavy (non-hydrogen) atoms. The van der Waals surface area contributed by atoms with Crippen LogP contribution in [0.15, 0.2) is 24.3 Å². The van der Waals surface area contributed by atoms with E-state index < -0.39 is 0 Å². The first kappa shape index (κ1) is 13.9. The zero-order chi connectivity index (χ0) is 13.8. The monoisotopic (exact) mass is 261 g/mol. The van der Waals surface area contributed by atoms with Crippen LogP contribution in [0.1, 0.15) is 18.9 Å². The van der Waals surface area contributed by atoms with Crippen LogP contribution >= 0.6 is 0 Å². The summed E-state index contributed by atoms with van der Waals surface area (Å²) in [5.41, 5.74) is 2.31. The SMILES string of the molecule is CC(=O)N(C)Cc1cccc(NC2CCN(C)C2)c1. The zero-order valence-electron chi connectivity index (χ0n) is 12.0. The molecule has 0 spiro atoms. The highest BCUT2D eigenvalue weighted by Crippen LogP contribution is 2.17. The minimum atomic E-state index is 0.0933. The van der Waals surface area contributed by atoms with Gasteiger partial charge in [0.15, 0.2) is 0 Å². The van der Waals surface area contributed by atoms with E-state index in [9.17, 15) is 4.79 Å². The van der Waals surface area contributed by atoms with Gasteiger partial charge in [-0.25, -0.2) is 0 Å². The Bertz CT molecular complexity index is 447. The minimum absolute atomic E-state index is 0.0933. The molecule has 1 aliphatic heterocycles. The van der Waals surface area contributed by atoms with Crippen molar-refractivity contribution >= 4 is 11.6 Å². The van der Waals surface area contributed by atoms with Crippen LogP contribution in [0.3, 0.4) is 0 Å². The molecule has 1 fully saturated rings. The van der Waals surface area contributed by atoms with Crippen molar-refractivity contribution in [2.24, 2.45) is 0 Å². The molecule has 0 radical (unpaired) electrons. The fraction of sp³-hybridized carbons (Fsp3) is 0.533. The van der Waals surface area contributed by atoms with Crippen LogP contribution in [-0.2, 0) is 11.3 Å². The molecule has 1 aromatic rings. The molecule has 0 aromatic heterocycles. The maximum absolute atomic E-state index is 11.3. The van der Waals surface area contributed by atoms with E-state index >= 15 is 0 Å². The van der Waals surface area contributed by atoms with Crippen LogP contribution < -0.4 is 5.32 Å². The lowest BCUT2D eigenvalue weighted by molar-refractivity contribution is -0.128. The number of amides is 1. The maximum Gasteiger partial charge on any atom is 0.219 e. The largest absolute Gasteiger partial charge is 0.381 e. The fourth-order valence-corrected chi connectivity index (χ4v) is 2.43. The number of carbonyl (C=O) groups is 1. The normalized spacial score (nSPS) is 19.4. The van der Waals surface area contributed by atoms with E-state index in [1.807, 2.05) is 13.1 Å². The molecule has 1 saturated heterocycles. The van der Waals surface area contributed by atoms with Crippen molar-refractivity contribution < 1.29 is 4.79 Å². The number of hydrogen-bond donors (Lipinski definition) is 1. The van der Waals surface area contributed by atoms with Gasteiger partial charge in [0, 0.05) is 38.8 Å². The summed E-state index contributed by atoms with van der Waals surface area (Å²) >= 11 is 0. The topological polar surface area (TPSA) is 35.6 Å². The van der Waals surface area contributed by atoms with E-state index in [0.29, 0.717) is 12.6 Å². The third-order valence-electron chi connectivity index (χ3n) is 3.65. The smallest absolute Gasteiger partial charge is 0.219 e. The highest BCUT2D eigenvalue weighted by Gasteiger charge is 2.18. The number of likely N-dealkylation sites (N-methyl/N-ethyl adjacent to an activating group) is 1. The number of hydrogen-bond acceptors (Lipinski definition) is 3. The van der Waals surface area contributed by atoms with Gasteiger partial charge in [-0.1, -0.05) is 12.1 Å². The van der Waals surface area contributed by atoms with Gasteiger partial charge in [-0.3, -0.25) is 4.79 Å². The van der Waals surface area contributed by atoms with Crippen molar-refractivity contribution in [2.75, 3.05) is 32.5 Å². The first-order chi connectivity index (χ1) is 9.04. The Hall–Kier alpha value is -1.55. The Kier molecular flexibility index (Phi) is 4.43. The van der Waals surface area contributed by atoms with Gasteiger partial charge in [0.2, 0.25) is 5.91 Å². The summed E-state index contributed by atoms with van der Waals surface area (Å²) in [6.07, 6.45) is 1.19. The van der Waals surface area contributed by atoms with Crippen LogP contribution in [-0.4, -0.2) is 48.9 Å². The molecular weight excluding hydrogens is 238 g/mol. The van der Waals surface area contributed by atoms with E-state index in [4.69, 9.17) is 0 Å². The Labute approximate surface area is 115 Å². The highest BCUT2D eigenvalue weighted by molar-refractivity contribution is 5.72. The lowest BCUT2D eigenvalue weighted by atomic mass is 10.1.